The summed E-state index contributed by atoms with van der Waals surface area (Å²) in [6.45, 7) is 3.22. The van der Waals surface area contributed by atoms with Crippen molar-refractivity contribution in [2.75, 3.05) is 6.61 Å². The van der Waals surface area contributed by atoms with Crippen LogP contribution >= 0.6 is 11.3 Å². The summed E-state index contributed by atoms with van der Waals surface area (Å²) in [5, 5.41) is 5.88. The molecular weight excluding hydrogens is 284 g/mol. The number of aromatic nitrogens is 1. The topological polar surface area (TPSA) is 51.2 Å². The molecule has 0 spiro atoms. The van der Waals surface area contributed by atoms with Crippen LogP contribution in [0, 0.1) is 6.92 Å². The lowest BCUT2D eigenvalue weighted by atomic mass is 10.1. The predicted octanol–water partition coefficient (Wildman–Crippen LogP) is 2.91. The molecule has 5 heteroatoms. The van der Waals surface area contributed by atoms with Gasteiger partial charge < -0.3 is 10.1 Å². The van der Waals surface area contributed by atoms with E-state index in [0.717, 1.165) is 29.1 Å². The van der Waals surface area contributed by atoms with E-state index < -0.39 is 0 Å². The Bertz CT molecular complexity index is 633. The molecule has 1 saturated heterocycles. The van der Waals surface area contributed by atoms with Gasteiger partial charge in [0.25, 0.3) is 0 Å². The lowest BCUT2D eigenvalue weighted by molar-refractivity contribution is -0.130. The Labute approximate surface area is 128 Å². The number of thiazole rings is 1. The first-order valence-corrected chi connectivity index (χ1v) is 8.01. The fourth-order valence-corrected chi connectivity index (χ4v) is 3.19. The van der Waals surface area contributed by atoms with E-state index in [4.69, 9.17) is 4.74 Å². The first kappa shape index (κ1) is 14.2. The number of nitrogens with one attached hydrogen (secondary N) is 1. The Morgan fingerprint density at radius 1 is 1.52 bits per heavy atom. The summed E-state index contributed by atoms with van der Waals surface area (Å²) < 4.78 is 5.36. The molecule has 1 aliphatic rings. The van der Waals surface area contributed by atoms with Crippen LogP contribution in [0.2, 0.25) is 0 Å². The highest BCUT2D eigenvalue weighted by Gasteiger charge is 2.23. The zero-order chi connectivity index (χ0) is 14.7. The Kier molecular flexibility index (Phi) is 4.31. The third kappa shape index (κ3) is 3.49. The number of nitrogens with zero attached hydrogens (tertiary/aromatic N) is 1. The smallest absolute Gasteiger partial charge is 0.249 e. The lowest BCUT2D eigenvalue weighted by Crippen LogP contribution is -2.33. The summed E-state index contributed by atoms with van der Waals surface area (Å²) in [5.74, 6) is -0.0300. The van der Waals surface area contributed by atoms with Crippen molar-refractivity contribution in [1.82, 2.24) is 10.3 Å². The maximum Gasteiger partial charge on any atom is 0.249 e. The molecule has 0 saturated carbocycles. The van der Waals surface area contributed by atoms with E-state index in [9.17, 15) is 4.79 Å². The Morgan fingerprint density at radius 3 is 3.19 bits per heavy atom. The normalized spacial score (nSPS) is 17.9. The van der Waals surface area contributed by atoms with Crippen molar-refractivity contribution in [1.29, 1.82) is 0 Å². The molecule has 1 N–H and O–H groups in total. The van der Waals surface area contributed by atoms with Gasteiger partial charge in [-0.2, -0.15) is 0 Å². The number of hydrogen-bond acceptors (Lipinski definition) is 4. The third-order valence-corrected chi connectivity index (χ3v) is 4.42. The molecule has 0 aliphatic carbocycles. The van der Waals surface area contributed by atoms with E-state index in [-0.39, 0.29) is 12.0 Å². The average molecular weight is 302 g/mol. The van der Waals surface area contributed by atoms with Crippen LogP contribution < -0.4 is 5.32 Å². The third-order valence-electron chi connectivity index (χ3n) is 3.48. The number of amides is 1. The van der Waals surface area contributed by atoms with E-state index in [1.54, 1.807) is 11.3 Å². The largest absolute Gasteiger partial charge is 0.368 e. The van der Waals surface area contributed by atoms with Crippen molar-refractivity contribution < 1.29 is 9.53 Å². The Morgan fingerprint density at radius 2 is 2.43 bits per heavy atom. The molecule has 1 aromatic heterocycles. The molecule has 2 heterocycles. The van der Waals surface area contributed by atoms with E-state index in [1.807, 2.05) is 11.4 Å². The standard InChI is InChI=1S/C16H18N2O2S/c1-11-4-2-5-12(8-11)16-18-13(10-21-16)9-17-15(19)14-6-3-7-20-14/h2,4-5,8,10,14H,3,6-7,9H2,1H3,(H,17,19). The average Bonchev–Trinajstić information content (AvgIpc) is 3.16. The summed E-state index contributed by atoms with van der Waals surface area (Å²) in [4.78, 5) is 16.5. The van der Waals surface area contributed by atoms with Gasteiger partial charge in [-0.25, -0.2) is 4.98 Å². The molecule has 4 nitrogen and oxygen atoms in total. The quantitative estimate of drug-likeness (QED) is 0.945. The number of carbonyl (C=O) groups is 1. The molecule has 1 atom stereocenters. The molecule has 1 aliphatic heterocycles. The molecule has 110 valence electrons. The molecular formula is C16H18N2O2S. The predicted molar refractivity (Wildman–Crippen MR) is 83.1 cm³/mol. The summed E-state index contributed by atoms with van der Waals surface area (Å²) in [6, 6.07) is 8.28. The second-order valence-electron chi connectivity index (χ2n) is 5.23. The number of carbonyl (C=O) groups excluding carboxylic acids is 1. The van der Waals surface area contributed by atoms with Crippen molar-refractivity contribution in [3.63, 3.8) is 0 Å². The highest BCUT2D eigenvalue weighted by Crippen LogP contribution is 2.24. The van der Waals surface area contributed by atoms with Gasteiger partial charge in [-0.1, -0.05) is 23.8 Å². The van der Waals surface area contributed by atoms with Crippen molar-refractivity contribution in [2.45, 2.75) is 32.4 Å². The van der Waals surface area contributed by atoms with Gasteiger partial charge in [0.2, 0.25) is 5.91 Å². The zero-order valence-electron chi connectivity index (χ0n) is 12.0. The number of benzene rings is 1. The Hall–Kier alpha value is -1.72. The summed E-state index contributed by atoms with van der Waals surface area (Å²) in [6.07, 6.45) is 1.50. The van der Waals surface area contributed by atoms with Crippen LogP contribution in [0.1, 0.15) is 24.1 Å². The van der Waals surface area contributed by atoms with Crippen LogP contribution in [0.15, 0.2) is 29.6 Å². The van der Waals surface area contributed by atoms with E-state index in [0.29, 0.717) is 13.2 Å². The van der Waals surface area contributed by atoms with Gasteiger partial charge in [-0.15, -0.1) is 11.3 Å². The number of hydrogen-bond donors (Lipinski definition) is 1. The minimum atomic E-state index is -0.278. The molecule has 0 bridgehead atoms. The maximum absolute atomic E-state index is 11.9. The second-order valence-corrected chi connectivity index (χ2v) is 6.09. The minimum Gasteiger partial charge on any atom is -0.368 e. The van der Waals surface area contributed by atoms with E-state index >= 15 is 0 Å². The maximum atomic E-state index is 11.9. The fourth-order valence-electron chi connectivity index (χ4n) is 2.37. The van der Waals surface area contributed by atoms with Crippen LogP contribution in [0.4, 0.5) is 0 Å². The number of ether oxygens (including phenoxy) is 1. The molecule has 0 radical (unpaired) electrons. The fraction of sp³-hybridized carbons (Fsp3) is 0.375. The van der Waals surface area contributed by atoms with E-state index in [1.165, 1.54) is 5.56 Å². The molecule has 2 aromatic rings. The Balaban J connectivity index is 1.61. The van der Waals surface area contributed by atoms with Crippen LogP contribution in [-0.4, -0.2) is 23.6 Å². The SMILES string of the molecule is Cc1cccc(-c2nc(CNC(=O)C3CCCO3)cs2)c1. The molecule has 1 amide bonds. The van der Waals surface area contributed by atoms with Crippen LogP contribution in [0.5, 0.6) is 0 Å². The minimum absolute atomic E-state index is 0.0300. The molecule has 1 unspecified atom stereocenters. The summed E-state index contributed by atoms with van der Waals surface area (Å²) in [5.41, 5.74) is 3.23. The van der Waals surface area contributed by atoms with Crippen molar-refractivity contribution in [3.8, 4) is 10.6 Å². The summed E-state index contributed by atoms with van der Waals surface area (Å²) >= 11 is 1.60. The highest BCUT2D eigenvalue weighted by atomic mass is 32.1. The van der Waals surface area contributed by atoms with Gasteiger partial charge in [-0.05, 0) is 25.8 Å². The van der Waals surface area contributed by atoms with Gasteiger partial charge in [0.05, 0.1) is 12.2 Å². The van der Waals surface area contributed by atoms with Crippen LogP contribution in [0.3, 0.4) is 0 Å². The molecule has 1 fully saturated rings. The number of aryl methyl sites for hydroxylation is 1. The first-order chi connectivity index (χ1) is 10.2. The van der Waals surface area contributed by atoms with Gasteiger partial charge in [-0.3, -0.25) is 4.79 Å². The van der Waals surface area contributed by atoms with Gasteiger partial charge in [0, 0.05) is 17.6 Å². The molecule has 3 rings (SSSR count). The van der Waals surface area contributed by atoms with Crippen molar-refractivity contribution in [3.05, 3.63) is 40.9 Å². The van der Waals surface area contributed by atoms with Crippen LogP contribution in [0.25, 0.3) is 10.6 Å². The van der Waals surface area contributed by atoms with Gasteiger partial charge in [0.15, 0.2) is 0 Å². The monoisotopic (exact) mass is 302 g/mol. The zero-order valence-corrected chi connectivity index (χ0v) is 12.8. The second kappa shape index (κ2) is 6.37. The van der Waals surface area contributed by atoms with Crippen LogP contribution in [-0.2, 0) is 16.1 Å². The first-order valence-electron chi connectivity index (χ1n) is 7.13. The van der Waals surface area contributed by atoms with Gasteiger partial charge >= 0.3 is 0 Å². The highest BCUT2D eigenvalue weighted by molar-refractivity contribution is 7.13. The van der Waals surface area contributed by atoms with E-state index in [2.05, 4.69) is 35.4 Å². The molecule has 21 heavy (non-hydrogen) atoms. The van der Waals surface area contributed by atoms with Gasteiger partial charge in [0.1, 0.15) is 11.1 Å². The summed E-state index contributed by atoms with van der Waals surface area (Å²) in [7, 11) is 0. The lowest BCUT2D eigenvalue weighted by Gasteiger charge is -2.08. The van der Waals surface area contributed by atoms with Crippen molar-refractivity contribution in [2.24, 2.45) is 0 Å². The molecule has 1 aromatic carbocycles. The number of rotatable bonds is 4. The van der Waals surface area contributed by atoms with Crippen molar-refractivity contribution >= 4 is 17.2 Å².